The van der Waals surface area contributed by atoms with Gasteiger partial charge in [-0.05, 0) is 31.2 Å². The van der Waals surface area contributed by atoms with Crippen LogP contribution in [-0.4, -0.2) is 36.4 Å². The highest BCUT2D eigenvalue weighted by atomic mass is 16.3. The predicted molar refractivity (Wildman–Crippen MR) is 109 cm³/mol. The van der Waals surface area contributed by atoms with E-state index in [2.05, 4.69) is 16.4 Å². The van der Waals surface area contributed by atoms with Crippen molar-refractivity contribution in [2.24, 2.45) is 0 Å². The van der Waals surface area contributed by atoms with E-state index in [1.807, 2.05) is 31.2 Å². The van der Waals surface area contributed by atoms with Gasteiger partial charge >= 0.3 is 0 Å². The van der Waals surface area contributed by atoms with Crippen LogP contribution in [-0.2, 0) is 0 Å². The van der Waals surface area contributed by atoms with Crippen LogP contribution in [0.4, 0.5) is 17.1 Å². The number of hydrogen-bond donors (Lipinski definition) is 3. The number of benzene rings is 2. The smallest absolute Gasteiger partial charge is 0.141 e. The molecule has 0 aliphatic carbocycles. The number of rotatable bonds is 3. The van der Waals surface area contributed by atoms with E-state index in [1.54, 1.807) is 24.3 Å². The molecule has 0 spiro atoms. The Morgan fingerprint density at radius 1 is 1.00 bits per heavy atom. The topological polar surface area (TPSA) is 73.0 Å². The molecule has 2 aromatic carbocycles. The van der Waals surface area contributed by atoms with Gasteiger partial charge in [-0.15, -0.1) is 0 Å². The molecular weight excluding hydrogens is 326 g/mol. The standard InChI is InChI=1S/C21H25N3O2/c1-3-5-18-17(4-2)21(22)20(26)14-19(18)24-12-10-23(11-13-24)15-6-8-16(25)9-7-15/h3-9,14,25-26H,1,10-13,22H2,2H3/b17-4+,18-5+. The second kappa shape index (κ2) is 7.44. The summed E-state index contributed by atoms with van der Waals surface area (Å²) in [6.45, 7) is 9.08. The normalized spacial score (nSPS) is 16.2. The lowest BCUT2D eigenvalue weighted by atomic mass is 10.1. The number of aromatic hydroxyl groups is 2. The first kappa shape index (κ1) is 17.7. The van der Waals surface area contributed by atoms with E-state index in [1.165, 1.54) is 0 Å². The molecule has 5 nitrogen and oxygen atoms in total. The van der Waals surface area contributed by atoms with Crippen LogP contribution < -0.4 is 26.0 Å². The highest BCUT2D eigenvalue weighted by Gasteiger charge is 2.19. The lowest BCUT2D eigenvalue weighted by Gasteiger charge is -2.37. The lowest BCUT2D eigenvalue weighted by molar-refractivity contribution is 0.475. The van der Waals surface area contributed by atoms with Crippen LogP contribution in [0.1, 0.15) is 6.92 Å². The van der Waals surface area contributed by atoms with Gasteiger partial charge in [-0.3, -0.25) is 0 Å². The second-order valence-electron chi connectivity index (χ2n) is 6.34. The van der Waals surface area contributed by atoms with Crippen LogP contribution >= 0.6 is 0 Å². The summed E-state index contributed by atoms with van der Waals surface area (Å²) >= 11 is 0. The van der Waals surface area contributed by atoms with Gasteiger partial charge in [0.05, 0.1) is 5.69 Å². The Kier molecular flexibility index (Phi) is 5.07. The molecule has 0 amide bonds. The molecule has 5 heteroatoms. The van der Waals surface area contributed by atoms with Gasteiger partial charge in [0.25, 0.3) is 0 Å². The second-order valence-corrected chi connectivity index (χ2v) is 6.34. The molecule has 0 bridgehead atoms. The molecule has 3 rings (SSSR count). The summed E-state index contributed by atoms with van der Waals surface area (Å²) < 4.78 is 0. The molecule has 136 valence electrons. The summed E-state index contributed by atoms with van der Waals surface area (Å²) in [7, 11) is 0. The number of hydrogen-bond acceptors (Lipinski definition) is 5. The average molecular weight is 351 g/mol. The van der Waals surface area contributed by atoms with Crippen LogP contribution in [0.25, 0.3) is 12.2 Å². The number of allylic oxidation sites excluding steroid dienone is 1. The average Bonchev–Trinajstić information content (AvgIpc) is 2.66. The minimum Gasteiger partial charge on any atom is -0.508 e. The first-order valence-corrected chi connectivity index (χ1v) is 8.74. The van der Waals surface area contributed by atoms with E-state index >= 15 is 0 Å². The van der Waals surface area contributed by atoms with Crippen molar-refractivity contribution >= 4 is 29.2 Å². The Hall–Kier alpha value is -3.08. The number of anilines is 3. The molecule has 2 aromatic rings. The summed E-state index contributed by atoms with van der Waals surface area (Å²) in [4.78, 5) is 4.55. The maximum absolute atomic E-state index is 10.2. The maximum Gasteiger partial charge on any atom is 0.141 e. The van der Waals surface area contributed by atoms with E-state index in [4.69, 9.17) is 5.73 Å². The monoisotopic (exact) mass is 351 g/mol. The van der Waals surface area contributed by atoms with E-state index in [-0.39, 0.29) is 11.5 Å². The Labute approximate surface area is 153 Å². The Balaban J connectivity index is 1.90. The van der Waals surface area contributed by atoms with Crippen molar-refractivity contribution in [1.29, 1.82) is 0 Å². The minimum atomic E-state index is 0.107. The van der Waals surface area contributed by atoms with Gasteiger partial charge < -0.3 is 25.7 Å². The van der Waals surface area contributed by atoms with Gasteiger partial charge in [-0.1, -0.05) is 24.8 Å². The number of phenols is 2. The van der Waals surface area contributed by atoms with Crippen molar-refractivity contribution < 1.29 is 10.2 Å². The molecule has 1 heterocycles. The quantitative estimate of drug-likeness (QED) is 0.581. The fraction of sp³-hybridized carbons (Fsp3) is 0.238. The first-order valence-electron chi connectivity index (χ1n) is 8.74. The van der Waals surface area contributed by atoms with Gasteiger partial charge in [-0.25, -0.2) is 0 Å². The molecule has 4 N–H and O–H groups in total. The SMILES string of the molecule is C=C/C=c1/c(N2CCN(c3ccc(O)cc3)CC2)cc(O)c(N)/c1=C/C. The van der Waals surface area contributed by atoms with Crippen LogP contribution in [0.15, 0.2) is 43.0 Å². The van der Waals surface area contributed by atoms with Crippen molar-refractivity contribution in [2.45, 2.75) is 6.92 Å². The number of piperazine rings is 1. The number of nitrogens with zero attached hydrogens (tertiary/aromatic N) is 2. The number of nitrogen functional groups attached to an aromatic ring is 1. The van der Waals surface area contributed by atoms with E-state index < -0.39 is 0 Å². The molecule has 0 atom stereocenters. The van der Waals surface area contributed by atoms with Crippen molar-refractivity contribution in [3.8, 4) is 11.5 Å². The van der Waals surface area contributed by atoms with Gasteiger partial charge in [0.1, 0.15) is 11.5 Å². The minimum absolute atomic E-state index is 0.107. The third-order valence-corrected chi connectivity index (χ3v) is 4.81. The highest BCUT2D eigenvalue weighted by Crippen LogP contribution is 2.24. The molecule has 1 aliphatic heterocycles. The molecule has 0 saturated carbocycles. The third kappa shape index (κ3) is 3.33. The molecule has 0 radical (unpaired) electrons. The zero-order valence-electron chi connectivity index (χ0n) is 15.0. The van der Waals surface area contributed by atoms with Gasteiger partial charge in [0.2, 0.25) is 0 Å². The molecule has 0 aromatic heterocycles. The van der Waals surface area contributed by atoms with Gasteiger partial charge in [0.15, 0.2) is 0 Å². The van der Waals surface area contributed by atoms with Crippen molar-refractivity contribution in [2.75, 3.05) is 41.7 Å². The van der Waals surface area contributed by atoms with Crippen LogP contribution in [0.5, 0.6) is 11.5 Å². The van der Waals surface area contributed by atoms with Crippen LogP contribution in [0.2, 0.25) is 0 Å². The number of phenolic OH excluding ortho intramolecular Hbond substituents is 2. The molecular formula is C21H25N3O2. The van der Waals surface area contributed by atoms with Crippen LogP contribution in [0.3, 0.4) is 0 Å². The fourth-order valence-corrected chi connectivity index (χ4v) is 3.44. The van der Waals surface area contributed by atoms with Gasteiger partial charge in [-0.2, -0.15) is 0 Å². The largest absolute Gasteiger partial charge is 0.508 e. The van der Waals surface area contributed by atoms with Crippen molar-refractivity contribution in [3.63, 3.8) is 0 Å². The zero-order chi connectivity index (χ0) is 18.7. The summed E-state index contributed by atoms with van der Waals surface area (Å²) in [6, 6.07) is 9.02. The highest BCUT2D eigenvalue weighted by molar-refractivity contribution is 5.68. The molecule has 1 aliphatic rings. The summed E-state index contributed by atoms with van der Waals surface area (Å²) in [5.41, 5.74) is 8.51. The Morgan fingerprint density at radius 2 is 1.62 bits per heavy atom. The van der Waals surface area contributed by atoms with E-state index in [0.29, 0.717) is 5.69 Å². The lowest BCUT2D eigenvalue weighted by Crippen LogP contribution is -2.49. The van der Waals surface area contributed by atoms with Crippen molar-refractivity contribution in [1.82, 2.24) is 0 Å². The third-order valence-electron chi connectivity index (χ3n) is 4.81. The summed E-state index contributed by atoms with van der Waals surface area (Å²) in [6.07, 6.45) is 5.60. The van der Waals surface area contributed by atoms with E-state index in [9.17, 15) is 10.2 Å². The summed E-state index contributed by atoms with van der Waals surface area (Å²) in [5.74, 6) is 0.382. The molecule has 0 unspecified atom stereocenters. The fourth-order valence-electron chi connectivity index (χ4n) is 3.44. The summed E-state index contributed by atoms with van der Waals surface area (Å²) in [5, 5.41) is 21.5. The van der Waals surface area contributed by atoms with E-state index in [0.717, 1.165) is 48.0 Å². The zero-order valence-corrected chi connectivity index (χ0v) is 15.0. The predicted octanol–water partition coefficient (Wildman–Crippen LogP) is 1.77. The van der Waals surface area contributed by atoms with Gasteiger partial charge in [0, 0.05) is 54.1 Å². The maximum atomic E-state index is 10.2. The first-order chi connectivity index (χ1) is 12.5. The molecule has 1 saturated heterocycles. The molecule has 1 fully saturated rings. The van der Waals surface area contributed by atoms with Crippen molar-refractivity contribution in [3.05, 3.63) is 53.4 Å². The Morgan fingerprint density at radius 3 is 2.19 bits per heavy atom. The number of nitrogens with two attached hydrogens (primary N) is 1. The molecule has 26 heavy (non-hydrogen) atoms. The van der Waals surface area contributed by atoms with Crippen LogP contribution in [0, 0.1) is 0 Å². The Bertz CT molecular complexity index is 912.